The van der Waals surface area contributed by atoms with Gasteiger partial charge < -0.3 is 5.32 Å². The predicted molar refractivity (Wildman–Crippen MR) is 105 cm³/mol. The minimum Gasteiger partial charge on any atom is -0.324 e. The molecule has 0 radical (unpaired) electrons. The monoisotopic (exact) mass is 445 g/mol. The maximum absolute atomic E-state index is 13.1. The summed E-state index contributed by atoms with van der Waals surface area (Å²) in [7, 11) is 0. The first-order chi connectivity index (χ1) is 13.1. The van der Waals surface area contributed by atoms with Gasteiger partial charge in [0.2, 0.25) is 11.7 Å². The lowest BCUT2D eigenvalue weighted by atomic mass is 10.2. The lowest BCUT2D eigenvalue weighted by Crippen LogP contribution is -2.23. The lowest BCUT2D eigenvalue weighted by Gasteiger charge is -2.15. The summed E-state index contributed by atoms with van der Waals surface area (Å²) in [5.74, 6) is -1.70. The summed E-state index contributed by atoms with van der Waals surface area (Å²) in [6.07, 6.45) is -4.70. The van der Waals surface area contributed by atoms with Crippen LogP contribution in [0.5, 0.6) is 0 Å². The van der Waals surface area contributed by atoms with E-state index in [2.05, 4.69) is 15.3 Å². The summed E-state index contributed by atoms with van der Waals surface area (Å²) in [6, 6.07) is 10.9. The number of carbonyl (C=O) groups excluding carboxylic acids is 1. The van der Waals surface area contributed by atoms with E-state index >= 15 is 0 Å². The Kier molecular flexibility index (Phi) is 6.02. The maximum Gasteiger partial charge on any atom is 0.451 e. The zero-order valence-corrected chi connectivity index (χ0v) is 16.5. The van der Waals surface area contributed by atoms with Gasteiger partial charge in [0.1, 0.15) is 5.03 Å². The number of rotatable bonds is 4. The van der Waals surface area contributed by atoms with Crippen molar-refractivity contribution < 1.29 is 18.0 Å². The molecular weight excluding hydrogens is 434 g/mol. The van der Waals surface area contributed by atoms with Crippen molar-refractivity contribution in [1.82, 2.24) is 9.97 Å². The average Bonchev–Trinajstić information content (AvgIpc) is 2.63. The van der Waals surface area contributed by atoms with Gasteiger partial charge in [-0.05, 0) is 31.2 Å². The number of fused-ring (bicyclic) bond motifs is 1. The Morgan fingerprint density at radius 1 is 1.14 bits per heavy atom. The molecule has 0 bridgehead atoms. The third-order valence-corrected chi connectivity index (χ3v) is 5.33. The molecule has 0 aliphatic rings. The molecule has 3 rings (SSSR count). The highest BCUT2D eigenvalue weighted by Crippen LogP contribution is 2.34. The van der Waals surface area contributed by atoms with E-state index in [1.165, 1.54) is 18.2 Å². The van der Waals surface area contributed by atoms with E-state index in [1.807, 2.05) is 0 Å². The maximum atomic E-state index is 13.1. The van der Waals surface area contributed by atoms with Crippen molar-refractivity contribution in [3.8, 4) is 0 Å². The molecule has 1 N–H and O–H groups in total. The highest BCUT2D eigenvalue weighted by atomic mass is 35.5. The number of para-hydroxylation sites is 1. The Morgan fingerprint density at radius 3 is 2.57 bits per heavy atom. The average molecular weight is 446 g/mol. The molecule has 28 heavy (non-hydrogen) atoms. The second-order valence-corrected chi connectivity index (χ2v) is 7.91. The molecular formula is C18H12Cl2F3N3OS. The second-order valence-electron chi connectivity index (χ2n) is 5.74. The zero-order chi connectivity index (χ0) is 20.5. The predicted octanol–water partition coefficient (Wildman–Crippen LogP) is 6.07. The van der Waals surface area contributed by atoms with E-state index < -0.39 is 23.2 Å². The molecule has 2 aromatic carbocycles. The summed E-state index contributed by atoms with van der Waals surface area (Å²) >= 11 is 12.8. The second kappa shape index (κ2) is 8.14. The number of hydrogen-bond donors (Lipinski definition) is 1. The summed E-state index contributed by atoms with van der Waals surface area (Å²) < 4.78 is 39.4. The van der Waals surface area contributed by atoms with Crippen LogP contribution in [0.3, 0.4) is 0 Å². The first kappa shape index (κ1) is 20.7. The molecule has 1 unspecified atom stereocenters. The Labute approximate surface area is 172 Å². The molecule has 3 aromatic rings. The molecule has 0 spiro atoms. The number of anilines is 1. The minimum absolute atomic E-state index is 0.0674. The van der Waals surface area contributed by atoms with E-state index in [4.69, 9.17) is 23.2 Å². The molecule has 1 amide bonds. The topological polar surface area (TPSA) is 54.9 Å². The Morgan fingerprint density at radius 2 is 1.86 bits per heavy atom. The molecule has 0 aliphatic carbocycles. The number of hydrogen-bond acceptors (Lipinski definition) is 4. The van der Waals surface area contributed by atoms with Crippen LogP contribution in [0.4, 0.5) is 18.9 Å². The van der Waals surface area contributed by atoms with Crippen molar-refractivity contribution in [3.63, 3.8) is 0 Å². The van der Waals surface area contributed by atoms with Crippen molar-refractivity contribution in [1.29, 1.82) is 0 Å². The number of benzene rings is 2. The standard InChI is InChI=1S/C18H12Cl2F3N3OS/c1-9(15(27)24-14-8-10(19)6-7-12(14)20)28-16-11-4-2-3-5-13(11)25-17(26-16)18(21,22)23/h2-9H,1H3,(H,24,27). The molecule has 10 heteroatoms. The van der Waals surface area contributed by atoms with Crippen molar-refractivity contribution in [2.75, 3.05) is 5.32 Å². The van der Waals surface area contributed by atoms with Crippen molar-refractivity contribution in [2.24, 2.45) is 0 Å². The number of thioether (sulfide) groups is 1. The first-order valence-electron chi connectivity index (χ1n) is 7.91. The summed E-state index contributed by atoms with van der Waals surface area (Å²) in [4.78, 5) is 19.7. The minimum atomic E-state index is -4.70. The van der Waals surface area contributed by atoms with Gasteiger partial charge in [-0.3, -0.25) is 4.79 Å². The van der Waals surface area contributed by atoms with Gasteiger partial charge in [-0.2, -0.15) is 13.2 Å². The number of alkyl halides is 3. The van der Waals surface area contributed by atoms with Gasteiger partial charge in [-0.15, -0.1) is 0 Å². The van der Waals surface area contributed by atoms with Gasteiger partial charge in [0.05, 0.1) is 21.5 Å². The molecule has 0 saturated carbocycles. The molecule has 1 aromatic heterocycles. The van der Waals surface area contributed by atoms with E-state index in [1.54, 1.807) is 31.2 Å². The lowest BCUT2D eigenvalue weighted by molar-refractivity contribution is -0.145. The molecule has 0 saturated heterocycles. The van der Waals surface area contributed by atoms with E-state index in [0.29, 0.717) is 21.1 Å². The van der Waals surface area contributed by atoms with Crippen LogP contribution in [0.25, 0.3) is 10.9 Å². The summed E-state index contributed by atoms with van der Waals surface area (Å²) in [5, 5.41) is 3.04. The quantitative estimate of drug-likeness (QED) is 0.390. The molecule has 1 heterocycles. The smallest absolute Gasteiger partial charge is 0.324 e. The van der Waals surface area contributed by atoms with Crippen LogP contribution < -0.4 is 5.32 Å². The fourth-order valence-corrected chi connectivity index (χ4v) is 3.59. The summed E-state index contributed by atoms with van der Waals surface area (Å²) in [6.45, 7) is 1.56. The Bertz CT molecular complexity index is 1050. The third kappa shape index (κ3) is 4.68. The van der Waals surface area contributed by atoms with Gasteiger partial charge in [0.25, 0.3) is 0 Å². The molecule has 0 aliphatic heterocycles. The number of halogens is 5. The number of nitrogens with zero attached hydrogens (tertiary/aromatic N) is 2. The van der Waals surface area contributed by atoms with Crippen LogP contribution in [0.15, 0.2) is 47.5 Å². The highest BCUT2D eigenvalue weighted by Gasteiger charge is 2.36. The van der Waals surface area contributed by atoms with Crippen LogP contribution in [0.2, 0.25) is 10.0 Å². The highest BCUT2D eigenvalue weighted by molar-refractivity contribution is 8.00. The summed E-state index contributed by atoms with van der Waals surface area (Å²) in [5.41, 5.74) is 0.466. The zero-order valence-electron chi connectivity index (χ0n) is 14.2. The third-order valence-electron chi connectivity index (χ3n) is 3.67. The van der Waals surface area contributed by atoms with Crippen LogP contribution >= 0.6 is 35.0 Å². The fourth-order valence-electron chi connectivity index (χ4n) is 2.31. The first-order valence-corrected chi connectivity index (χ1v) is 9.55. The van der Waals surface area contributed by atoms with E-state index in [0.717, 1.165) is 11.8 Å². The van der Waals surface area contributed by atoms with E-state index in [-0.39, 0.29) is 10.5 Å². The van der Waals surface area contributed by atoms with Gasteiger partial charge in [0.15, 0.2) is 0 Å². The van der Waals surface area contributed by atoms with Gasteiger partial charge in [0, 0.05) is 10.4 Å². The Hall–Kier alpha value is -2.03. The Balaban J connectivity index is 1.88. The largest absolute Gasteiger partial charge is 0.451 e. The van der Waals surface area contributed by atoms with Crippen LogP contribution in [0.1, 0.15) is 12.7 Å². The van der Waals surface area contributed by atoms with Crippen molar-refractivity contribution in [3.05, 3.63) is 58.3 Å². The number of carbonyl (C=O) groups is 1. The van der Waals surface area contributed by atoms with Crippen LogP contribution in [-0.4, -0.2) is 21.1 Å². The number of amides is 1. The molecule has 4 nitrogen and oxygen atoms in total. The van der Waals surface area contributed by atoms with Gasteiger partial charge >= 0.3 is 6.18 Å². The normalized spacial score (nSPS) is 12.8. The van der Waals surface area contributed by atoms with Gasteiger partial charge in [-0.1, -0.05) is 53.2 Å². The van der Waals surface area contributed by atoms with Gasteiger partial charge in [-0.25, -0.2) is 9.97 Å². The number of aromatic nitrogens is 2. The van der Waals surface area contributed by atoms with E-state index in [9.17, 15) is 18.0 Å². The molecule has 1 atom stereocenters. The fraction of sp³-hybridized carbons (Fsp3) is 0.167. The van der Waals surface area contributed by atoms with Crippen LogP contribution in [0, 0.1) is 0 Å². The molecule has 0 fully saturated rings. The number of nitrogens with one attached hydrogen (secondary N) is 1. The van der Waals surface area contributed by atoms with Crippen LogP contribution in [-0.2, 0) is 11.0 Å². The van der Waals surface area contributed by atoms with Crippen molar-refractivity contribution in [2.45, 2.75) is 23.4 Å². The van der Waals surface area contributed by atoms with Crippen molar-refractivity contribution >= 4 is 57.5 Å². The SMILES string of the molecule is CC(Sc1nc(C(F)(F)F)nc2ccccc12)C(=O)Nc1cc(Cl)ccc1Cl. The molecule has 146 valence electrons.